The van der Waals surface area contributed by atoms with Crippen LogP contribution in [0.5, 0.6) is 0 Å². The van der Waals surface area contributed by atoms with E-state index in [4.69, 9.17) is 0 Å². The Balaban J connectivity index is 1.91. The lowest BCUT2D eigenvalue weighted by molar-refractivity contribution is 0.574. The SMILES string of the molecule is CCc1ncnc(N2CCCC2c2ccc(N(C)C)nn2)c1F. The highest BCUT2D eigenvalue weighted by atomic mass is 19.1. The van der Waals surface area contributed by atoms with Crippen LogP contribution in [0, 0.1) is 5.82 Å². The van der Waals surface area contributed by atoms with Gasteiger partial charge in [0.2, 0.25) is 0 Å². The molecule has 6 nitrogen and oxygen atoms in total. The molecule has 0 N–H and O–H groups in total. The van der Waals surface area contributed by atoms with Gasteiger partial charge in [0, 0.05) is 20.6 Å². The number of hydrogen-bond acceptors (Lipinski definition) is 6. The Hall–Kier alpha value is -2.31. The Bertz CT molecular complexity index is 673. The molecule has 0 spiro atoms. The number of halogens is 1. The van der Waals surface area contributed by atoms with E-state index in [1.54, 1.807) is 0 Å². The summed E-state index contributed by atoms with van der Waals surface area (Å²) in [5.74, 6) is 0.859. The molecule has 1 saturated heterocycles. The molecule has 3 heterocycles. The third-order valence-corrected chi connectivity index (χ3v) is 4.17. The molecule has 0 amide bonds. The molecule has 0 bridgehead atoms. The summed E-state index contributed by atoms with van der Waals surface area (Å²) in [6.45, 7) is 2.65. The van der Waals surface area contributed by atoms with Crippen molar-refractivity contribution in [3.63, 3.8) is 0 Å². The lowest BCUT2D eigenvalue weighted by atomic mass is 10.1. The van der Waals surface area contributed by atoms with Gasteiger partial charge in [0.15, 0.2) is 17.5 Å². The van der Waals surface area contributed by atoms with Crippen LogP contribution in [-0.2, 0) is 6.42 Å². The Labute approximate surface area is 135 Å². The number of aromatic nitrogens is 4. The van der Waals surface area contributed by atoms with Crippen LogP contribution in [0.4, 0.5) is 16.0 Å². The van der Waals surface area contributed by atoms with Gasteiger partial charge in [0.25, 0.3) is 0 Å². The predicted molar refractivity (Wildman–Crippen MR) is 87.0 cm³/mol. The highest BCUT2D eigenvalue weighted by Crippen LogP contribution is 2.35. The van der Waals surface area contributed by atoms with Crippen LogP contribution in [0.1, 0.15) is 37.2 Å². The van der Waals surface area contributed by atoms with Crippen LogP contribution < -0.4 is 9.80 Å². The summed E-state index contributed by atoms with van der Waals surface area (Å²) in [6.07, 6.45) is 3.89. The molecule has 0 saturated carbocycles. The minimum atomic E-state index is -0.320. The first kappa shape index (κ1) is 15.6. The fraction of sp³-hybridized carbons (Fsp3) is 0.500. The zero-order chi connectivity index (χ0) is 16.4. The van der Waals surface area contributed by atoms with Crippen molar-refractivity contribution in [1.82, 2.24) is 20.2 Å². The van der Waals surface area contributed by atoms with Gasteiger partial charge in [-0.1, -0.05) is 6.92 Å². The number of nitrogens with zero attached hydrogens (tertiary/aromatic N) is 6. The van der Waals surface area contributed by atoms with E-state index in [1.807, 2.05) is 43.0 Å². The minimum Gasteiger partial charge on any atom is -0.361 e. The molecule has 1 aliphatic heterocycles. The van der Waals surface area contributed by atoms with E-state index >= 15 is 0 Å². The van der Waals surface area contributed by atoms with Crippen molar-refractivity contribution in [3.05, 3.63) is 35.7 Å². The standard InChI is InChI=1S/C16H21FN6/c1-4-11-15(17)16(19-10-18-11)23-9-5-6-13(23)12-7-8-14(21-20-12)22(2)3/h7-8,10,13H,4-6,9H2,1-3H3. The Kier molecular flexibility index (Phi) is 4.36. The fourth-order valence-electron chi connectivity index (χ4n) is 2.92. The van der Waals surface area contributed by atoms with E-state index < -0.39 is 0 Å². The first-order valence-corrected chi connectivity index (χ1v) is 7.88. The second-order valence-corrected chi connectivity index (χ2v) is 5.87. The number of rotatable bonds is 4. The predicted octanol–water partition coefficient (Wildman–Crippen LogP) is 2.38. The molecule has 122 valence electrons. The topological polar surface area (TPSA) is 58.0 Å². The zero-order valence-corrected chi connectivity index (χ0v) is 13.7. The molecule has 0 aliphatic carbocycles. The van der Waals surface area contributed by atoms with E-state index in [0.717, 1.165) is 30.9 Å². The highest BCUT2D eigenvalue weighted by Gasteiger charge is 2.31. The average molecular weight is 316 g/mol. The van der Waals surface area contributed by atoms with Crippen molar-refractivity contribution in [2.75, 3.05) is 30.4 Å². The Morgan fingerprint density at radius 3 is 2.74 bits per heavy atom. The monoisotopic (exact) mass is 316 g/mol. The number of aryl methyl sites for hydroxylation is 1. The number of hydrogen-bond donors (Lipinski definition) is 0. The molecule has 3 rings (SSSR count). The largest absolute Gasteiger partial charge is 0.361 e. The van der Waals surface area contributed by atoms with Crippen LogP contribution in [0.2, 0.25) is 0 Å². The molecule has 1 unspecified atom stereocenters. The molecule has 0 radical (unpaired) electrons. The van der Waals surface area contributed by atoms with Gasteiger partial charge in [-0.15, -0.1) is 5.10 Å². The van der Waals surface area contributed by atoms with Gasteiger partial charge in [0.05, 0.1) is 17.4 Å². The van der Waals surface area contributed by atoms with Crippen LogP contribution in [0.3, 0.4) is 0 Å². The second kappa shape index (κ2) is 6.44. The third-order valence-electron chi connectivity index (χ3n) is 4.17. The zero-order valence-electron chi connectivity index (χ0n) is 13.7. The maximum Gasteiger partial charge on any atom is 0.187 e. The van der Waals surface area contributed by atoms with Crippen molar-refractivity contribution >= 4 is 11.6 Å². The third kappa shape index (κ3) is 2.95. The molecular weight excluding hydrogens is 295 g/mol. The fourth-order valence-corrected chi connectivity index (χ4v) is 2.92. The molecular formula is C16H21FN6. The molecule has 23 heavy (non-hydrogen) atoms. The van der Waals surface area contributed by atoms with Crippen LogP contribution in [0.25, 0.3) is 0 Å². The van der Waals surface area contributed by atoms with Crippen LogP contribution in [0.15, 0.2) is 18.5 Å². The first-order valence-electron chi connectivity index (χ1n) is 7.88. The summed E-state index contributed by atoms with van der Waals surface area (Å²) < 4.78 is 14.6. The summed E-state index contributed by atoms with van der Waals surface area (Å²) in [5.41, 5.74) is 1.30. The molecule has 0 aromatic carbocycles. The molecule has 1 aliphatic rings. The summed E-state index contributed by atoms with van der Waals surface area (Å²) in [5, 5.41) is 8.56. The van der Waals surface area contributed by atoms with Crippen molar-refractivity contribution in [1.29, 1.82) is 0 Å². The summed E-state index contributed by atoms with van der Waals surface area (Å²) in [6, 6.07) is 3.91. The smallest absolute Gasteiger partial charge is 0.187 e. The van der Waals surface area contributed by atoms with Gasteiger partial charge in [-0.05, 0) is 31.4 Å². The van der Waals surface area contributed by atoms with Crippen LogP contribution >= 0.6 is 0 Å². The highest BCUT2D eigenvalue weighted by molar-refractivity contribution is 5.45. The van der Waals surface area contributed by atoms with Gasteiger partial charge in [0.1, 0.15) is 6.33 Å². The van der Waals surface area contributed by atoms with Crippen LogP contribution in [-0.4, -0.2) is 40.8 Å². The number of anilines is 2. The van der Waals surface area contributed by atoms with E-state index in [9.17, 15) is 4.39 Å². The van der Waals surface area contributed by atoms with Gasteiger partial charge in [-0.3, -0.25) is 0 Å². The molecule has 7 heteroatoms. The lowest BCUT2D eigenvalue weighted by Gasteiger charge is -2.25. The summed E-state index contributed by atoms with van der Waals surface area (Å²) in [4.78, 5) is 12.1. The quantitative estimate of drug-likeness (QED) is 0.863. The molecule has 1 atom stereocenters. The van der Waals surface area contributed by atoms with Crippen molar-refractivity contribution < 1.29 is 4.39 Å². The normalized spacial score (nSPS) is 17.6. The van der Waals surface area contributed by atoms with E-state index in [-0.39, 0.29) is 11.9 Å². The Morgan fingerprint density at radius 2 is 2.09 bits per heavy atom. The molecule has 1 fully saturated rings. The van der Waals surface area contributed by atoms with E-state index in [0.29, 0.717) is 17.9 Å². The molecule has 2 aromatic heterocycles. The van der Waals surface area contributed by atoms with Gasteiger partial charge in [-0.25, -0.2) is 14.4 Å². The second-order valence-electron chi connectivity index (χ2n) is 5.87. The van der Waals surface area contributed by atoms with Crippen molar-refractivity contribution in [2.45, 2.75) is 32.2 Å². The Morgan fingerprint density at radius 1 is 1.26 bits per heavy atom. The van der Waals surface area contributed by atoms with Gasteiger partial charge in [-0.2, -0.15) is 5.10 Å². The maximum absolute atomic E-state index is 14.6. The average Bonchev–Trinajstić information content (AvgIpc) is 3.04. The van der Waals surface area contributed by atoms with Crippen molar-refractivity contribution in [2.24, 2.45) is 0 Å². The van der Waals surface area contributed by atoms with E-state index in [1.165, 1.54) is 6.33 Å². The van der Waals surface area contributed by atoms with Gasteiger partial charge >= 0.3 is 0 Å². The summed E-state index contributed by atoms with van der Waals surface area (Å²) in [7, 11) is 3.85. The van der Waals surface area contributed by atoms with E-state index in [2.05, 4.69) is 20.2 Å². The lowest BCUT2D eigenvalue weighted by Crippen LogP contribution is -2.26. The maximum atomic E-state index is 14.6. The minimum absolute atomic E-state index is 0.00724. The van der Waals surface area contributed by atoms with Gasteiger partial charge < -0.3 is 9.80 Å². The summed E-state index contributed by atoms with van der Waals surface area (Å²) >= 11 is 0. The van der Waals surface area contributed by atoms with Crippen molar-refractivity contribution in [3.8, 4) is 0 Å². The first-order chi connectivity index (χ1) is 11.1. The molecule has 2 aromatic rings.